The lowest BCUT2D eigenvalue weighted by molar-refractivity contribution is 0.452. The molecule has 2 aromatic rings. The van der Waals surface area contributed by atoms with Crippen molar-refractivity contribution in [2.24, 2.45) is 4.99 Å². The van der Waals surface area contributed by atoms with Crippen molar-refractivity contribution < 1.29 is 4.74 Å². The molecule has 5 nitrogen and oxygen atoms in total. The molecule has 0 aliphatic heterocycles. The van der Waals surface area contributed by atoms with E-state index in [1.807, 2.05) is 44.3 Å². The first-order valence-electron chi connectivity index (χ1n) is 8.96. The summed E-state index contributed by atoms with van der Waals surface area (Å²) in [5, 5.41) is 1.22. The Kier molecular flexibility index (Phi) is 7.45. The van der Waals surface area contributed by atoms with Gasteiger partial charge in [-0.3, -0.25) is 0 Å². The number of nitrogens with zero attached hydrogens (tertiary/aromatic N) is 4. The highest BCUT2D eigenvalue weighted by atomic mass is 32.2. The van der Waals surface area contributed by atoms with Crippen LogP contribution in [0.1, 0.15) is 38.3 Å². The molecule has 0 radical (unpaired) electrons. The monoisotopic (exact) mass is 372 g/mol. The van der Waals surface area contributed by atoms with E-state index in [2.05, 4.69) is 35.7 Å². The van der Waals surface area contributed by atoms with Gasteiger partial charge in [-0.1, -0.05) is 25.6 Å². The molecular formula is C20H28N4OS. The fourth-order valence-electron chi connectivity index (χ4n) is 2.08. The van der Waals surface area contributed by atoms with E-state index in [9.17, 15) is 0 Å². The van der Waals surface area contributed by atoms with Crippen LogP contribution in [0.3, 0.4) is 0 Å². The first-order valence-corrected chi connectivity index (χ1v) is 9.84. The van der Waals surface area contributed by atoms with Gasteiger partial charge in [0, 0.05) is 31.1 Å². The molecule has 140 valence electrons. The summed E-state index contributed by atoms with van der Waals surface area (Å²) in [6.07, 6.45) is 4.67. The number of aryl methyl sites for hydroxylation is 2. The molecular weight excluding hydrogens is 344 g/mol. The zero-order valence-corrected chi connectivity index (χ0v) is 17.3. The van der Waals surface area contributed by atoms with Crippen molar-refractivity contribution >= 4 is 23.8 Å². The predicted molar refractivity (Wildman–Crippen MR) is 110 cm³/mol. The largest absolute Gasteiger partial charge is 0.439 e. The van der Waals surface area contributed by atoms with Crippen molar-refractivity contribution in [2.75, 3.05) is 13.6 Å². The van der Waals surface area contributed by atoms with Crippen LogP contribution in [-0.2, 0) is 0 Å². The van der Waals surface area contributed by atoms with E-state index in [4.69, 9.17) is 4.74 Å². The molecule has 0 fully saturated rings. The van der Waals surface area contributed by atoms with E-state index in [1.54, 1.807) is 24.0 Å². The van der Waals surface area contributed by atoms with Crippen LogP contribution in [-0.4, -0.2) is 40.0 Å². The average molecular weight is 373 g/mol. The van der Waals surface area contributed by atoms with E-state index >= 15 is 0 Å². The predicted octanol–water partition coefficient (Wildman–Crippen LogP) is 5.39. The summed E-state index contributed by atoms with van der Waals surface area (Å²) in [6.45, 7) is 11.4. The summed E-state index contributed by atoms with van der Waals surface area (Å²) in [5.41, 5.74) is 3.04. The van der Waals surface area contributed by atoms with Crippen molar-refractivity contribution in [2.45, 2.75) is 51.4 Å². The molecule has 26 heavy (non-hydrogen) atoms. The molecule has 0 N–H and O–H groups in total. The molecule has 0 amide bonds. The Bertz CT molecular complexity index is 763. The molecule has 1 aromatic heterocycles. The fraction of sp³-hybridized carbons (Fsp3) is 0.450. The number of aromatic nitrogens is 2. The number of ether oxygens (including phenoxy) is 1. The second-order valence-electron chi connectivity index (χ2n) is 6.34. The van der Waals surface area contributed by atoms with Crippen LogP contribution in [0.4, 0.5) is 5.69 Å². The molecule has 2 rings (SSSR count). The van der Waals surface area contributed by atoms with Crippen molar-refractivity contribution in [3.8, 4) is 11.6 Å². The van der Waals surface area contributed by atoms with Crippen molar-refractivity contribution in [1.29, 1.82) is 0 Å². The Morgan fingerprint density at radius 1 is 1.27 bits per heavy atom. The fourth-order valence-corrected chi connectivity index (χ4v) is 2.87. The van der Waals surface area contributed by atoms with Gasteiger partial charge in [0.05, 0.1) is 12.0 Å². The quantitative estimate of drug-likeness (QED) is 0.269. The van der Waals surface area contributed by atoms with Crippen molar-refractivity contribution in [3.63, 3.8) is 0 Å². The van der Waals surface area contributed by atoms with Gasteiger partial charge in [0.1, 0.15) is 5.75 Å². The maximum Gasteiger partial charge on any atom is 0.223 e. The lowest BCUT2D eigenvalue weighted by Crippen LogP contribution is -2.14. The Balaban J connectivity index is 2.18. The zero-order valence-electron chi connectivity index (χ0n) is 16.5. The van der Waals surface area contributed by atoms with Crippen molar-refractivity contribution in [3.05, 3.63) is 35.5 Å². The van der Waals surface area contributed by atoms with Gasteiger partial charge in [0.15, 0.2) is 5.16 Å². The second-order valence-corrected chi connectivity index (χ2v) is 7.74. The average Bonchev–Trinajstić information content (AvgIpc) is 2.63. The van der Waals surface area contributed by atoms with Crippen LogP contribution < -0.4 is 4.74 Å². The maximum absolute atomic E-state index is 6.02. The number of rotatable bonds is 8. The minimum absolute atomic E-state index is 0.479. The summed E-state index contributed by atoms with van der Waals surface area (Å²) in [6, 6.07) is 5.84. The number of aliphatic imine (C=N–C) groups is 1. The molecule has 0 bridgehead atoms. The maximum atomic E-state index is 6.02. The topological polar surface area (TPSA) is 50.6 Å². The second kappa shape index (κ2) is 9.57. The highest BCUT2D eigenvalue weighted by molar-refractivity contribution is 7.99. The van der Waals surface area contributed by atoms with Gasteiger partial charge in [-0.2, -0.15) is 4.98 Å². The Hall–Kier alpha value is -2.08. The molecule has 0 aliphatic rings. The van der Waals surface area contributed by atoms with E-state index < -0.39 is 0 Å². The Labute approximate surface area is 160 Å². The summed E-state index contributed by atoms with van der Waals surface area (Å²) in [4.78, 5) is 15.4. The molecule has 0 saturated heterocycles. The third-order valence-corrected chi connectivity index (χ3v) is 5.23. The van der Waals surface area contributed by atoms with E-state index in [-0.39, 0.29) is 0 Å². The van der Waals surface area contributed by atoms with Gasteiger partial charge < -0.3 is 9.64 Å². The lowest BCUT2D eigenvalue weighted by Gasteiger charge is -2.13. The van der Waals surface area contributed by atoms with Crippen LogP contribution in [0.5, 0.6) is 11.6 Å². The molecule has 6 heteroatoms. The summed E-state index contributed by atoms with van der Waals surface area (Å²) in [5.74, 6) is 1.36. The van der Waals surface area contributed by atoms with Crippen LogP contribution in [0.25, 0.3) is 0 Å². The molecule has 0 aliphatic carbocycles. The first kappa shape index (κ1) is 20.2. The van der Waals surface area contributed by atoms with Crippen LogP contribution in [0.2, 0.25) is 0 Å². The third kappa shape index (κ3) is 5.73. The highest BCUT2D eigenvalue weighted by Crippen LogP contribution is 2.31. The molecule has 1 heterocycles. The van der Waals surface area contributed by atoms with E-state index in [0.29, 0.717) is 11.1 Å². The molecule has 1 unspecified atom stereocenters. The van der Waals surface area contributed by atoms with Gasteiger partial charge >= 0.3 is 0 Å². The Morgan fingerprint density at radius 3 is 2.73 bits per heavy atom. The van der Waals surface area contributed by atoms with Gasteiger partial charge in [-0.25, -0.2) is 9.98 Å². The third-order valence-electron chi connectivity index (χ3n) is 4.09. The molecule has 1 aromatic carbocycles. The minimum Gasteiger partial charge on any atom is -0.439 e. The normalized spacial score (nSPS) is 12.4. The lowest BCUT2D eigenvalue weighted by atomic mass is 10.1. The van der Waals surface area contributed by atoms with Gasteiger partial charge in [-0.15, -0.1) is 0 Å². The SMILES string of the molecule is CCC(C)Sc1nccc(Oc2cc(C)c(N=CN(C)CC)cc2C)n1. The minimum atomic E-state index is 0.479. The number of hydrogen-bond acceptors (Lipinski definition) is 5. The smallest absolute Gasteiger partial charge is 0.223 e. The van der Waals surface area contributed by atoms with Gasteiger partial charge in [0.25, 0.3) is 0 Å². The first-order chi connectivity index (χ1) is 12.4. The molecule has 0 saturated carbocycles. The van der Waals surface area contributed by atoms with Crippen LogP contribution >= 0.6 is 11.8 Å². The van der Waals surface area contributed by atoms with Crippen LogP contribution in [0, 0.1) is 13.8 Å². The van der Waals surface area contributed by atoms with Crippen molar-refractivity contribution in [1.82, 2.24) is 14.9 Å². The van der Waals surface area contributed by atoms with Gasteiger partial charge in [0.2, 0.25) is 5.88 Å². The number of thioether (sulfide) groups is 1. The summed E-state index contributed by atoms with van der Waals surface area (Å²) in [7, 11) is 2.01. The van der Waals surface area contributed by atoms with Crippen LogP contribution in [0.15, 0.2) is 34.5 Å². The van der Waals surface area contributed by atoms with E-state index in [1.165, 1.54) is 0 Å². The Morgan fingerprint density at radius 2 is 2.04 bits per heavy atom. The number of benzene rings is 1. The molecule has 1 atom stereocenters. The van der Waals surface area contributed by atoms with E-state index in [0.717, 1.165) is 40.7 Å². The summed E-state index contributed by atoms with van der Waals surface area (Å²) >= 11 is 1.66. The standard InChI is InChI=1S/C20H28N4OS/c1-7-16(5)26-20-21-10-9-19(23-20)25-18-12-14(3)17(11-15(18)4)22-13-24(6)8-2/h9-13,16H,7-8H2,1-6H3. The zero-order chi connectivity index (χ0) is 19.1. The number of hydrogen-bond donors (Lipinski definition) is 0. The molecule has 0 spiro atoms. The highest BCUT2D eigenvalue weighted by Gasteiger charge is 2.10. The summed E-state index contributed by atoms with van der Waals surface area (Å²) < 4.78 is 6.02. The van der Waals surface area contributed by atoms with Gasteiger partial charge in [-0.05, 0) is 50.5 Å².